The lowest BCUT2D eigenvalue weighted by atomic mass is 10.1. The minimum Gasteiger partial charge on any atom is -0.351 e. The summed E-state index contributed by atoms with van der Waals surface area (Å²) in [5.41, 5.74) is -0.208. The second-order valence-electron chi connectivity index (χ2n) is 7.70. The Balaban J connectivity index is 1.69. The topological polar surface area (TPSA) is 75.6 Å². The number of benzene rings is 1. The van der Waals surface area contributed by atoms with Crippen LogP contribution in [0.3, 0.4) is 0 Å². The normalized spacial score (nSPS) is 15.2. The fourth-order valence-electron chi connectivity index (χ4n) is 4.09. The van der Waals surface area contributed by atoms with Crippen LogP contribution in [0, 0.1) is 0 Å². The molecule has 2 heterocycles. The molecular formula is C21H24F3N5O. The summed E-state index contributed by atoms with van der Waals surface area (Å²) in [6.45, 7) is 2.23. The monoisotopic (exact) mass is 419 g/mol. The molecular weight excluding hydrogens is 395 g/mol. The number of H-pyrrole nitrogens is 1. The molecule has 0 amide bonds. The van der Waals surface area contributed by atoms with Gasteiger partial charge in [0.15, 0.2) is 11.2 Å². The van der Waals surface area contributed by atoms with E-state index < -0.39 is 11.7 Å². The Morgan fingerprint density at radius 2 is 1.93 bits per heavy atom. The minimum absolute atomic E-state index is 0.0936. The lowest BCUT2D eigenvalue weighted by Crippen LogP contribution is -2.25. The van der Waals surface area contributed by atoms with Gasteiger partial charge in [0.25, 0.3) is 5.56 Å². The van der Waals surface area contributed by atoms with E-state index in [1.165, 1.54) is 16.7 Å². The molecule has 0 aliphatic heterocycles. The third-order valence-corrected chi connectivity index (χ3v) is 5.58. The van der Waals surface area contributed by atoms with Crippen LogP contribution in [-0.2, 0) is 19.3 Å². The molecule has 2 aromatic heterocycles. The maximum absolute atomic E-state index is 13.3. The molecule has 1 saturated carbocycles. The molecule has 1 aliphatic carbocycles. The molecule has 0 bridgehead atoms. The number of anilines is 1. The minimum atomic E-state index is -4.45. The number of aromatic nitrogens is 4. The van der Waals surface area contributed by atoms with Gasteiger partial charge in [-0.15, -0.1) is 0 Å². The zero-order chi connectivity index (χ0) is 21.3. The van der Waals surface area contributed by atoms with Crippen LogP contribution in [0.5, 0.6) is 0 Å². The first-order chi connectivity index (χ1) is 14.4. The van der Waals surface area contributed by atoms with Gasteiger partial charge in [-0.05, 0) is 30.9 Å². The van der Waals surface area contributed by atoms with Crippen LogP contribution < -0.4 is 10.9 Å². The molecule has 0 radical (unpaired) electrons. The molecule has 6 nitrogen and oxygen atoms in total. The predicted molar refractivity (Wildman–Crippen MR) is 108 cm³/mol. The van der Waals surface area contributed by atoms with Crippen molar-refractivity contribution in [2.75, 3.05) is 5.32 Å². The first-order valence-corrected chi connectivity index (χ1v) is 10.3. The van der Waals surface area contributed by atoms with Crippen molar-refractivity contribution in [2.45, 2.75) is 64.2 Å². The predicted octanol–water partition coefficient (Wildman–Crippen LogP) is 4.82. The summed E-state index contributed by atoms with van der Waals surface area (Å²) >= 11 is 0. The molecule has 160 valence electrons. The van der Waals surface area contributed by atoms with Crippen LogP contribution >= 0.6 is 0 Å². The van der Waals surface area contributed by atoms with Gasteiger partial charge in [-0.3, -0.25) is 9.36 Å². The van der Waals surface area contributed by atoms with Gasteiger partial charge in [-0.2, -0.15) is 18.2 Å². The number of hydrogen-bond donors (Lipinski definition) is 2. The number of halogens is 3. The molecule has 2 N–H and O–H groups in total. The first-order valence-electron chi connectivity index (χ1n) is 10.3. The molecule has 30 heavy (non-hydrogen) atoms. The number of nitrogens with zero attached hydrogens (tertiary/aromatic N) is 3. The van der Waals surface area contributed by atoms with E-state index in [2.05, 4.69) is 20.3 Å². The number of fused-ring (bicyclic) bond motifs is 1. The van der Waals surface area contributed by atoms with E-state index >= 15 is 0 Å². The van der Waals surface area contributed by atoms with E-state index in [4.69, 9.17) is 0 Å². The van der Waals surface area contributed by atoms with Crippen LogP contribution in [-0.4, -0.2) is 19.5 Å². The molecule has 3 aromatic rings. The number of nitrogens with one attached hydrogen (secondary N) is 2. The number of hydrogen-bond acceptors (Lipinski definition) is 4. The van der Waals surface area contributed by atoms with E-state index in [0.29, 0.717) is 30.0 Å². The highest BCUT2D eigenvalue weighted by atomic mass is 19.4. The summed E-state index contributed by atoms with van der Waals surface area (Å²) in [4.78, 5) is 25.2. The summed E-state index contributed by atoms with van der Waals surface area (Å²) in [6, 6.07) is 5.39. The lowest BCUT2D eigenvalue weighted by Gasteiger charge is -2.16. The summed E-state index contributed by atoms with van der Waals surface area (Å²) < 4.78 is 41.3. The third-order valence-electron chi connectivity index (χ3n) is 5.58. The fourth-order valence-corrected chi connectivity index (χ4v) is 4.09. The molecule has 1 aliphatic rings. The molecule has 4 rings (SSSR count). The molecule has 0 unspecified atom stereocenters. The summed E-state index contributed by atoms with van der Waals surface area (Å²) in [5, 5.41) is 2.94. The maximum Gasteiger partial charge on any atom is 0.416 e. The van der Waals surface area contributed by atoms with E-state index in [1.807, 2.05) is 6.92 Å². The molecule has 9 heteroatoms. The number of rotatable bonds is 6. The molecule has 0 atom stereocenters. The molecule has 1 fully saturated rings. The highest BCUT2D eigenvalue weighted by Crippen LogP contribution is 2.33. The highest BCUT2D eigenvalue weighted by molar-refractivity contribution is 5.71. The average Bonchev–Trinajstić information content (AvgIpc) is 3.38. The summed E-state index contributed by atoms with van der Waals surface area (Å²) in [6.07, 6.45) is 0.577. The highest BCUT2D eigenvalue weighted by Gasteiger charge is 2.32. The number of aromatic amines is 1. The largest absolute Gasteiger partial charge is 0.416 e. The van der Waals surface area contributed by atoms with Crippen molar-refractivity contribution >= 4 is 17.1 Å². The van der Waals surface area contributed by atoms with Crippen molar-refractivity contribution in [1.29, 1.82) is 0 Å². The Hall–Kier alpha value is -2.84. The van der Waals surface area contributed by atoms with E-state index in [0.717, 1.165) is 37.6 Å². The fraction of sp³-hybridized carbons (Fsp3) is 0.476. The van der Waals surface area contributed by atoms with Gasteiger partial charge < -0.3 is 10.3 Å². The maximum atomic E-state index is 13.3. The van der Waals surface area contributed by atoms with Gasteiger partial charge in [0.2, 0.25) is 5.95 Å². The van der Waals surface area contributed by atoms with Gasteiger partial charge in [0.1, 0.15) is 5.82 Å². The van der Waals surface area contributed by atoms with Gasteiger partial charge >= 0.3 is 6.18 Å². The van der Waals surface area contributed by atoms with Crippen molar-refractivity contribution < 1.29 is 13.2 Å². The van der Waals surface area contributed by atoms with Gasteiger partial charge in [-0.1, -0.05) is 38.0 Å². The van der Waals surface area contributed by atoms with Crippen molar-refractivity contribution in [2.24, 2.45) is 0 Å². The van der Waals surface area contributed by atoms with Crippen LogP contribution in [0.1, 0.15) is 61.9 Å². The Morgan fingerprint density at radius 3 is 2.63 bits per heavy atom. The summed E-state index contributed by atoms with van der Waals surface area (Å²) in [5.74, 6) is 1.30. The van der Waals surface area contributed by atoms with Gasteiger partial charge in [0, 0.05) is 19.0 Å². The van der Waals surface area contributed by atoms with Gasteiger partial charge in [0.05, 0.1) is 5.56 Å². The Labute approximate surface area is 171 Å². The molecule has 0 spiro atoms. The Kier molecular flexibility index (Phi) is 5.53. The second-order valence-corrected chi connectivity index (χ2v) is 7.70. The SMILES string of the molecule is CCCn1c(NCc2ccccc2C(F)(F)F)nc2nc(C3CCCC3)[nH]c2c1=O. The van der Waals surface area contributed by atoms with Crippen molar-refractivity contribution in [3.8, 4) is 0 Å². The molecule has 0 saturated heterocycles. The quantitative estimate of drug-likeness (QED) is 0.601. The first kappa shape index (κ1) is 20.4. The standard InChI is InChI=1S/C21H24F3N5O/c1-2-11-29-19(30)16-18(27-17(26-16)13-7-3-4-8-13)28-20(29)25-12-14-9-5-6-10-15(14)21(22,23)24/h5-6,9-10,13H,2-4,7-8,11-12H2,1H3,(H,25,28)(H,26,27). The van der Waals surface area contributed by atoms with Crippen molar-refractivity contribution in [1.82, 2.24) is 19.5 Å². The van der Waals surface area contributed by atoms with Gasteiger partial charge in [-0.25, -0.2) is 4.98 Å². The van der Waals surface area contributed by atoms with Crippen LogP contribution in [0.25, 0.3) is 11.2 Å². The third kappa shape index (κ3) is 3.93. The number of imidazole rings is 1. The van der Waals surface area contributed by atoms with Crippen LogP contribution in [0.15, 0.2) is 29.1 Å². The zero-order valence-corrected chi connectivity index (χ0v) is 16.7. The van der Waals surface area contributed by atoms with E-state index in [9.17, 15) is 18.0 Å². The Morgan fingerprint density at radius 1 is 1.20 bits per heavy atom. The average molecular weight is 419 g/mol. The van der Waals surface area contributed by atoms with E-state index in [1.54, 1.807) is 6.07 Å². The molecule has 1 aromatic carbocycles. The van der Waals surface area contributed by atoms with Crippen molar-refractivity contribution in [3.63, 3.8) is 0 Å². The second kappa shape index (κ2) is 8.12. The van der Waals surface area contributed by atoms with Crippen LogP contribution in [0.4, 0.5) is 19.1 Å². The van der Waals surface area contributed by atoms with Crippen LogP contribution in [0.2, 0.25) is 0 Å². The summed E-state index contributed by atoms with van der Waals surface area (Å²) in [7, 11) is 0. The van der Waals surface area contributed by atoms with Crippen molar-refractivity contribution in [3.05, 3.63) is 51.6 Å². The zero-order valence-electron chi connectivity index (χ0n) is 16.7. The Bertz CT molecular complexity index is 1100. The number of alkyl halides is 3. The lowest BCUT2D eigenvalue weighted by molar-refractivity contribution is -0.138. The van der Waals surface area contributed by atoms with E-state index in [-0.39, 0.29) is 23.6 Å². The smallest absolute Gasteiger partial charge is 0.351 e.